The Bertz CT molecular complexity index is 220. The van der Waals surface area contributed by atoms with Gasteiger partial charge in [-0.3, -0.25) is 4.98 Å². The fraction of sp³-hybridized carbons (Fsp3) is 0. The van der Waals surface area contributed by atoms with Gasteiger partial charge in [-0.2, -0.15) is 0 Å². The lowest BCUT2D eigenvalue weighted by molar-refractivity contribution is 1.32. The Labute approximate surface area is 54.4 Å². The van der Waals surface area contributed by atoms with E-state index in [1.807, 2.05) is 18.2 Å². The number of rotatable bonds is 1. The van der Waals surface area contributed by atoms with Crippen LogP contribution in [0.25, 0.3) is 6.08 Å². The molecule has 0 aliphatic heterocycles. The van der Waals surface area contributed by atoms with Gasteiger partial charge in [0.2, 0.25) is 0 Å². The highest BCUT2D eigenvalue weighted by Gasteiger charge is 1.78. The molecule has 1 nitrogen and oxygen atoms in total. The third-order valence-electron chi connectivity index (χ3n) is 0.975. The minimum atomic E-state index is 1.08. The van der Waals surface area contributed by atoms with Crippen LogP contribution >= 0.6 is 0 Å². The molecule has 1 heterocycles. The zero-order valence-corrected chi connectivity index (χ0v) is 5.04. The van der Waals surface area contributed by atoms with E-state index in [-0.39, 0.29) is 0 Å². The fourth-order valence-electron chi connectivity index (χ4n) is 0.578. The molecule has 0 aliphatic carbocycles. The molecule has 0 aliphatic rings. The Hall–Kier alpha value is -1.33. The standard InChI is InChI=1S/C8H7N/c1-2-3-8-4-6-9-7-5-8/h3-7H,1H2. The van der Waals surface area contributed by atoms with Gasteiger partial charge in [0, 0.05) is 12.4 Å². The van der Waals surface area contributed by atoms with Crippen molar-refractivity contribution in [3.05, 3.63) is 42.4 Å². The van der Waals surface area contributed by atoms with Gasteiger partial charge < -0.3 is 0 Å². The van der Waals surface area contributed by atoms with E-state index in [4.69, 9.17) is 0 Å². The third-order valence-corrected chi connectivity index (χ3v) is 0.975. The molecule has 44 valence electrons. The van der Waals surface area contributed by atoms with Crippen molar-refractivity contribution in [1.82, 2.24) is 4.98 Å². The SMILES string of the molecule is C=C=Cc1ccncc1. The van der Waals surface area contributed by atoms with E-state index in [2.05, 4.69) is 17.3 Å². The minimum Gasteiger partial charge on any atom is -0.265 e. The second-order valence-corrected chi connectivity index (χ2v) is 1.63. The summed E-state index contributed by atoms with van der Waals surface area (Å²) in [5.74, 6) is 0. The molecule has 0 atom stereocenters. The molecule has 0 amide bonds. The van der Waals surface area contributed by atoms with Crippen molar-refractivity contribution < 1.29 is 0 Å². The summed E-state index contributed by atoms with van der Waals surface area (Å²) in [5.41, 5.74) is 3.76. The highest BCUT2D eigenvalue weighted by atomic mass is 14.6. The molecule has 0 bridgehead atoms. The summed E-state index contributed by atoms with van der Waals surface area (Å²) in [4.78, 5) is 3.86. The molecule has 0 spiro atoms. The van der Waals surface area contributed by atoms with Gasteiger partial charge in [-0.25, -0.2) is 0 Å². The molecule has 0 N–H and O–H groups in total. The Kier molecular flexibility index (Phi) is 1.84. The van der Waals surface area contributed by atoms with E-state index in [0.717, 1.165) is 5.56 Å². The fourth-order valence-corrected chi connectivity index (χ4v) is 0.578. The van der Waals surface area contributed by atoms with E-state index in [9.17, 15) is 0 Å². The van der Waals surface area contributed by atoms with Crippen molar-refractivity contribution in [1.29, 1.82) is 0 Å². The first-order valence-electron chi connectivity index (χ1n) is 2.69. The van der Waals surface area contributed by atoms with Crippen LogP contribution in [-0.4, -0.2) is 4.98 Å². The van der Waals surface area contributed by atoms with Gasteiger partial charge >= 0.3 is 0 Å². The van der Waals surface area contributed by atoms with Gasteiger partial charge in [0.05, 0.1) is 0 Å². The van der Waals surface area contributed by atoms with Crippen LogP contribution in [0.1, 0.15) is 5.56 Å². The van der Waals surface area contributed by atoms with Gasteiger partial charge in [-0.1, -0.05) is 6.58 Å². The molecule has 0 radical (unpaired) electrons. The molecule has 1 aromatic rings. The van der Waals surface area contributed by atoms with Crippen LogP contribution < -0.4 is 0 Å². The predicted octanol–water partition coefficient (Wildman–Crippen LogP) is 1.88. The van der Waals surface area contributed by atoms with Crippen LogP contribution in [0.4, 0.5) is 0 Å². The molecular weight excluding hydrogens is 110 g/mol. The van der Waals surface area contributed by atoms with E-state index in [1.165, 1.54) is 0 Å². The molecule has 0 saturated carbocycles. The second kappa shape index (κ2) is 2.85. The Balaban J connectivity index is 2.97. The summed E-state index contributed by atoms with van der Waals surface area (Å²) < 4.78 is 0. The summed E-state index contributed by atoms with van der Waals surface area (Å²) in [6.07, 6.45) is 5.29. The molecule has 0 unspecified atom stereocenters. The molecule has 9 heavy (non-hydrogen) atoms. The van der Waals surface area contributed by atoms with Crippen molar-refractivity contribution >= 4 is 6.08 Å². The first-order chi connectivity index (χ1) is 4.43. The van der Waals surface area contributed by atoms with Crippen molar-refractivity contribution in [2.45, 2.75) is 0 Å². The zero-order valence-electron chi connectivity index (χ0n) is 5.04. The summed E-state index contributed by atoms with van der Waals surface area (Å²) in [5, 5.41) is 0. The van der Waals surface area contributed by atoms with E-state index in [0.29, 0.717) is 0 Å². The maximum Gasteiger partial charge on any atom is 0.0273 e. The number of hydrogen-bond donors (Lipinski definition) is 0. The summed E-state index contributed by atoms with van der Waals surface area (Å²) >= 11 is 0. The monoisotopic (exact) mass is 117 g/mol. The van der Waals surface area contributed by atoms with Crippen LogP contribution in [0.5, 0.6) is 0 Å². The first-order valence-corrected chi connectivity index (χ1v) is 2.69. The highest BCUT2D eigenvalue weighted by molar-refractivity contribution is 5.46. The van der Waals surface area contributed by atoms with Crippen LogP contribution in [-0.2, 0) is 0 Å². The third kappa shape index (κ3) is 1.56. The molecule has 0 fully saturated rings. The lowest BCUT2D eigenvalue weighted by Gasteiger charge is -1.84. The maximum atomic E-state index is 3.86. The van der Waals surface area contributed by atoms with Gasteiger partial charge in [0.1, 0.15) is 0 Å². The zero-order chi connectivity index (χ0) is 6.53. The number of nitrogens with zero attached hydrogens (tertiary/aromatic N) is 1. The summed E-state index contributed by atoms with van der Waals surface area (Å²) in [6.45, 7) is 3.46. The average molecular weight is 117 g/mol. The van der Waals surface area contributed by atoms with Gasteiger partial charge in [-0.15, -0.1) is 5.73 Å². The largest absolute Gasteiger partial charge is 0.265 e. The minimum absolute atomic E-state index is 1.08. The number of hydrogen-bond acceptors (Lipinski definition) is 1. The normalized spacial score (nSPS) is 8.00. The number of aromatic nitrogens is 1. The molecule has 1 rings (SSSR count). The van der Waals surface area contributed by atoms with Gasteiger partial charge in [-0.05, 0) is 23.8 Å². The lowest BCUT2D eigenvalue weighted by Crippen LogP contribution is -1.69. The molecule has 1 aromatic heterocycles. The topological polar surface area (TPSA) is 12.9 Å². The molecule has 0 saturated heterocycles. The van der Waals surface area contributed by atoms with Crippen LogP contribution in [0.2, 0.25) is 0 Å². The predicted molar refractivity (Wildman–Crippen MR) is 37.8 cm³/mol. The Morgan fingerprint density at radius 1 is 1.44 bits per heavy atom. The smallest absolute Gasteiger partial charge is 0.0273 e. The Morgan fingerprint density at radius 2 is 2.11 bits per heavy atom. The van der Waals surface area contributed by atoms with Crippen molar-refractivity contribution in [3.63, 3.8) is 0 Å². The van der Waals surface area contributed by atoms with Crippen LogP contribution in [0.15, 0.2) is 36.8 Å². The highest BCUT2D eigenvalue weighted by Crippen LogP contribution is 1.95. The van der Waals surface area contributed by atoms with Gasteiger partial charge in [0.15, 0.2) is 0 Å². The molecule has 1 heteroatoms. The molecular formula is C8H7N. The van der Waals surface area contributed by atoms with E-state index in [1.54, 1.807) is 12.4 Å². The van der Waals surface area contributed by atoms with E-state index < -0.39 is 0 Å². The maximum absolute atomic E-state index is 3.86. The first kappa shape index (κ1) is 5.80. The van der Waals surface area contributed by atoms with E-state index >= 15 is 0 Å². The summed E-state index contributed by atoms with van der Waals surface area (Å²) in [7, 11) is 0. The van der Waals surface area contributed by atoms with Crippen LogP contribution in [0.3, 0.4) is 0 Å². The Morgan fingerprint density at radius 3 is 2.67 bits per heavy atom. The number of pyridine rings is 1. The summed E-state index contributed by atoms with van der Waals surface area (Å²) in [6, 6.07) is 3.80. The van der Waals surface area contributed by atoms with Crippen molar-refractivity contribution in [2.75, 3.05) is 0 Å². The van der Waals surface area contributed by atoms with Crippen LogP contribution in [0, 0.1) is 0 Å². The second-order valence-electron chi connectivity index (χ2n) is 1.63. The lowest BCUT2D eigenvalue weighted by atomic mass is 10.3. The van der Waals surface area contributed by atoms with Crippen molar-refractivity contribution in [3.8, 4) is 0 Å². The van der Waals surface area contributed by atoms with Gasteiger partial charge in [0.25, 0.3) is 0 Å². The molecule has 0 aromatic carbocycles. The van der Waals surface area contributed by atoms with Crippen molar-refractivity contribution in [2.24, 2.45) is 0 Å². The quantitative estimate of drug-likeness (QED) is 0.512. The average Bonchev–Trinajstić information content (AvgIpc) is 1.91.